The van der Waals surface area contributed by atoms with Gasteiger partial charge in [-0.15, -0.1) is 12.4 Å². The lowest BCUT2D eigenvalue weighted by Gasteiger charge is -2.30. The van der Waals surface area contributed by atoms with E-state index in [0.717, 1.165) is 36.9 Å². The van der Waals surface area contributed by atoms with Gasteiger partial charge in [0.15, 0.2) is 0 Å². The molecule has 1 aliphatic rings. The monoisotopic (exact) mass is 550 g/mol. The summed E-state index contributed by atoms with van der Waals surface area (Å²) in [6.45, 7) is 2.06. The molecule has 2 unspecified atom stereocenters. The van der Waals surface area contributed by atoms with Crippen molar-refractivity contribution in [1.29, 1.82) is 0 Å². The lowest BCUT2D eigenvalue weighted by Crippen LogP contribution is -2.55. The minimum absolute atomic E-state index is 0. The molecule has 1 aliphatic heterocycles. The van der Waals surface area contributed by atoms with Gasteiger partial charge in [-0.1, -0.05) is 72.8 Å². The van der Waals surface area contributed by atoms with Crippen LogP contribution in [0.2, 0.25) is 0 Å². The number of nitrogens with two attached hydrogens (primary N) is 1. The number of nitrogens with zero attached hydrogens (tertiary/aromatic N) is 1. The lowest BCUT2D eigenvalue weighted by atomic mass is 9.98. The number of hydrogen-bond acceptors (Lipinski definition) is 4. The highest BCUT2D eigenvalue weighted by atomic mass is 35.5. The average molecular weight is 551 g/mol. The topological polar surface area (TPSA) is 96.7 Å². The molecule has 1 saturated heterocycles. The fourth-order valence-corrected chi connectivity index (χ4v) is 4.67. The molecule has 39 heavy (non-hydrogen) atoms. The second-order valence-electron chi connectivity index (χ2n) is 9.80. The summed E-state index contributed by atoms with van der Waals surface area (Å²) in [7, 11) is 0. The average Bonchev–Trinajstić information content (AvgIpc) is 2.96. The fourth-order valence-electron chi connectivity index (χ4n) is 4.67. The zero-order valence-electron chi connectivity index (χ0n) is 22.3. The summed E-state index contributed by atoms with van der Waals surface area (Å²) in [6, 6.07) is 27.0. The lowest BCUT2D eigenvalue weighted by molar-refractivity contribution is -0.123. The van der Waals surface area contributed by atoms with Gasteiger partial charge in [-0.3, -0.25) is 4.79 Å². The van der Waals surface area contributed by atoms with Crippen LogP contribution in [0, 0.1) is 0 Å². The number of urea groups is 1. The van der Waals surface area contributed by atoms with Crippen LogP contribution in [0.1, 0.15) is 29.5 Å². The summed E-state index contributed by atoms with van der Waals surface area (Å²) in [5.74, 6) is -0.161. The van der Waals surface area contributed by atoms with Crippen LogP contribution in [0.4, 0.5) is 10.5 Å². The van der Waals surface area contributed by atoms with Gasteiger partial charge in [0.2, 0.25) is 5.91 Å². The normalized spacial score (nSPS) is 14.5. The molecule has 2 atom stereocenters. The van der Waals surface area contributed by atoms with Crippen LogP contribution in [-0.2, 0) is 28.8 Å². The van der Waals surface area contributed by atoms with Crippen LogP contribution in [0.15, 0.2) is 84.9 Å². The van der Waals surface area contributed by atoms with Gasteiger partial charge in [0, 0.05) is 31.2 Å². The summed E-state index contributed by atoms with van der Waals surface area (Å²) >= 11 is 0. The maximum absolute atomic E-state index is 13.7. The SMILES string of the molecule is Cl.Nc1ccc(CCC(CCc2ccccc2)NC(=O)C(Cc2ccccc2)NC(=O)N2CCOCC2)cc1. The molecule has 0 saturated carbocycles. The van der Waals surface area contributed by atoms with Gasteiger partial charge in [-0.05, 0) is 54.5 Å². The highest BCUT2D eigenvalue weighted by molar-refractivity contribution is 5.87. The fraction of sp³-hybridized carbons (Fsp3) is 0.355. The van der Waals surface area contributed by atoms with Crippen molar-refractivity contribution >= 4 is 30.0 Å². The number of ether oxygens (including phenoxy) is 1. The predicted molar refractivity (Wildman–Crippen MR) is 158 cm³/mol. The van der Waals surface area contributed by atoms with Crippen LogP contribution >= 0.6 is 12.4 Å². The van der Waals surface area contributed by atoms with Crippen LogP contribution in [0.3, 0.4) is 0 Å². The Morgan fingerprint density at radius 1 is 0.769 bits per heavy atom. The minimum atomic E-state index is -0.677. The summed E-state index contributed by atoms with van der Waals surface area (Å²) in [5, 5.41) is 6.28. The smallest absolute Gasteiger partial charge is 0.318 e. The van der Waals surface area contributed by atoms with Crippen molar-refractivity contribution in [3.8, 4) is 0 Å². The van der Waals surface area contributed by atoms with Crippen LogP contribution in [0.5, 0.6) is 0 Å². The first-order chi connectivity index (χ1) is 18.6. The van der Waals surface area contributed by atoms with Gasteiger partial charge in [-0.25, -0.2) is 4.79 Å². The van der Waals surface area contributed by atoms with E-state index < -0.39 is 6.04 Å². The molecule has 4 rings (SSSR count). The number of carbonyl (C=O) groups excluding carboxylic acids is 2. The third kappa shape index (κ3) is 9.93. The van der Waals surface area contributed by atoms with Crippen LogP contribution < -0.4 is 16.4 Å². The van der Waals surface area contributed by atoms with Gasteiger partial charge in [0.05, 0.1) is 13.2 Å². The number of nitrogen functional groups attached to an aromatic ring is 1. The molecule has 1 fully saturated rings. The third-order valence-corrected chi connectivity index (χ3v) is 6.93. The number of amides is 3. The van der Waals surface area contributed by atoms with Crippen molar-refractivity contribution in [2.45, 2.75) is 44.2 Å². The van der Waals surface area contributed by atoms with Gasteiger partial charge in [-0.2, -0.15) is 0 Å². The molecule has 4 N–H and O–H groups in total. The van der Waals surface area contributed by atoms with E-state index in [1.165, 1.54) is 11.1 Å². The number of rotatable bonds is 11. The largest absolute Gasteiger partial charge is 0.399 e. The molecule has 3 aromatic rings. The summed E-state index contributed by atoms with van der Waals surface area (Å²) in [4.78, 5) is 28.4. The summed E-state index contributed by atoms with van der Waals surface area (Å²) < 4.78 is 5.38. The molecule has 1 heterocycles. The Hall–Kier alpha value is -3.55. The Kier molecular flexibility index (Phi) is 12.1. The number of morpholine rings is 1. The van der Waals surface area contributed by atoms with E-state index in [-0.39, 0.29) is 30.4 Å². The molecule has 0 radical (unpaired) electrons. The Bertz CT molecular complexity index is 1140. The number of anilines is 1. The molecular weight excluding hydrogens is 512 g/mol. The molecule has 0 aliphatic carbocycles. The molecule has 208 valence electrons. The van der Waals surface area contributed by atoms with Gasteiger partial charge < -0.3 is 26.0 Å². The van der Waals surface area contributed by atoms with Crippen molar-refractivity contribution in [3.05, 3.63) is 102 Å². The maximum atomic E-state index is 13.7. The Morgan fingerprint density at radius 3 is 1.90 bits per heavy atom. The van der Waals surface area contributed by atoms with Crippen molar-refractivity contribution < 1.29 is 14.3 Å². The Morgan fingerprint density at radius 2 is 1.31 bits per heavy atom. The van der Waals surface area contributed by atoms with Crippen LogP contribution in [0.25, 0.3) is 0 Å². The molecule has 0 bridgehead atoms. The zero-order valence-corrected chi connectivity index (χ0v) is 23.1. The molecule has 8 heteroatoms. The van der Waals surface area contributed by atoms with Crippen molar-refractivity contribution in [2.75, 3.05) is 32.0 Å². The second kappa shape index (κ2) is 15.8. The molecular formula is C31H39ClN4O3. The van der Waals surface area contributed by atoms with E-state index >= 15 is 0 Å². The van der Waals surface area contributed by atoms with E-state index in [4.69, 9.17) is 10.5 Å². The molecule has 7 nitrogen and oxygen atoms in total. The van der Waals surface area contributed by atoms with Crippen molar-refractivity contribution in [2.24, 2.45) is 0 Å². The quantitative estimate of drug-likeness (QED) is 0.308. The molecule has 0 spiro atoms. The maximum Gasteiger partial charge on any atom is 0.318 e. The Labute approximate surface area is 237 Å². The summed E-state index contributed by atoms with van der Waals surface area (Å²) in [5.41, 5.74) is 10.0. The van der Waals surface area contributed by atoms with E-state index in [2.05, 4.69) is 22.8 Å². The van der Waals surface area contributed by atoms with Crippen molar-refractivity contribution in [3.63, 3.8) is 0 Å². The van der Waals surface area contributed by atoms with E-state index in [1.54, 1.807) is 4.90 Å². The first-order valence-electron chi connectivity index (χ1n) is 13.4. The van der Waals surface area contributed by atoms with Gasteiger partial charge in [0.1, 0.15) is 6.04 Å². The molecule has 3 amide bonds. The Balaban J connectivity index is 0.00000420. The van der Waals surface area contributed by atoms with Crippen LogP contribution in [-0.4, -0.2) is 55.2 Å². The van der Waals surface area contributed by atoms with Gasteiger partial charge in [0.25, 0.3) is 0 Å². The predicted octanol–water partition coefficient (Wildman–Crippen LogP) is 4.39. The van der Waals surface area contributed by atoms with E-state index in [0.29, 0.717) is 32.7 Å². The zero-order chi connectivity index (χ0) is 26.6. The van der Waals surface area contributed by atoms with Crippen molar-refractivity contribution in [1.82, 2.24) is 15.5 Å². The number of aryl methyl sites for hydroxylation is 2. The highest BCUT2D eigenvalue weighted by Crippen LogP contribution is 2.14. The van der Waals surface area contributed by atoms with E-state index in [9.17, 15) is 9.59 Å². The second-order valence-corrected chi connectivity index (χ2v) is 9.80. The molecule has 3 aromatic carbocycles. The first-order valence-corrected chi connectivity index (χ1v) is 13.4. The molecule has 0 aromatic heterocycles. The third-order valence-electron chi connectivity index (χ3n) is 6.93. The number of halogens is 1. The first kappa shape index (κ1) is 30.0. The standard InChI is InChI=1S/C31H38N4O3.ClH/c32-27-15-11-25(12-16-27)14-18-28(17-13-24-7-3-1-4-8-24)33-30(36)29(23-26-9-5-2-6-10-26)34-31(37)35-19-21-38-22-20-35;/h1-12,15-16,28-29H,13-14,17-23,32H2,(H,33,36)(H,34,37);1H. The number of benzene rings is 3. The van der Waals surface area contributed by atoms with Gasteiger partial charge >= 0.3 is 6.03 Å². The number of carbonyl (C=O) groups is 2. The number of hydrogen-bond donors (Lipinski definition) is 3. The highest BCUT2D eigenvalue weighted by Gasteiger charge is 2.26. The number of nitrogens with one attached hydrogen (secondary N) is 2. The minimum Gasteiger partial charge on any atom is -0.399 e. The summed E-state index contributed by atoms with van der Waals surface area (Å²) in [6.07, 6.45) is 3.70. The van der Waals surface area contributed by atoms with E-state index in [1.807, 2.05) is 72.8 Å².